The molecule has 0 aromatic rings. The summed E-state index contributed by atoms with van der Waals surface area (Å²) in [6.07, 6.45) is 1.76. The van der Waals surface area contributed by atoms with E-state index < -0.39 is 0 Å². The smallest absolute Gasteiger partial charge is 0.320 e. The Morgan fingerprint density at radius 3 is 2.59 bits per heavy atom. The summed E-state index contributed by atoms with van der Waals surface area (Å²) in [7, 11) is 0. The number of hydrogen-bond donors (Lipinski definition) is 0. The Morgan fingerprint density at radius 2 is 1.94 bits per heavy atom. The zero-order chi connectivity index (χ0) is 12.7. The number of esters is 2. The Bertz CT molecular complexity index is 267. The maximum absolute atomic E-state index is 11.6. The molecule has 0 saturated carbocycles. The lowest BCUT2D eigenvalue weighted by molar-refractivity contribution is -0.152. The van der Waals surface area contributed by atoms with Crippen molar-refractivity contribution in [2.24, 2.45) is 5.92 Å². The fourth-order valence-electron chi connectivity index (χ4n) is 2.04. The van der Waals surface area contributed by atoms with Gasteiger partial charge >= 0.3 is 11.9 Å². The van der Waals surface area contributed by atoms with Gasteiger partial charge < -0.3 is 9.47 Å². The summed E-state index contributed by atoms with van der Waals surface area (Å²) in [5.74, 6) is -0.476. The Balaban J connectivity index is 2.38. The first-order valence-corrected chi connectivity index (χ1v) is 6.22. The molecule has 1 atom stereocenters. The van der Waals surface area contributed by atoms with E-state index in [2.05, 4.69) is 0 Å². The van der Waals surface area contributed by atoms with Crippen LogP contribution in [0.3, 0.4) is 0 Å². The van der Waals surface area contributed by atoms with E-state index in [4.69, 9.17) is 9.47 Å². The Kier molecular flexibility index (Phi) is 5.97. The summed E-state index contributed by atoms with van der Waals surface area (Å²) >= 11 is 0. The van der Waals surface area contributed by atoms with Gasteiger partial charge in [0.25, 0.3) is 0 Å². The van der Waals surface area contributed by atoms with Crippen LogP contribution in [0.4, 0.5) is 0 Å². The highest BCUT2D eigenvalue weighted by atomic mass is 16.5. The zero-order valence-electron chi connectivity index (χ0n) is 10.6. The van der Waals surface area contributed by atoms with Crippen molar-refractivity contribution < 1.29 is 19.1 Å². The summed E-state index contributed by atoms with van der Waals surface area (Å²) in [5, 5.41) is 0. The molecule has 0 N–H and O–H groups in total. The molecule has 0 aromatic heterocycles. The second-order valence-corrected chi connectivity index (χ2v) is 4.13. The highest BCUT2D eigenvalue weighted by molar-refractivity contribution is 5.74. The minimum Gasteiger partial charge on any atom is -0.466 e. The van der Waals surface area contributed by atoms with E-state index in [9.17, 15) is 9.59 Å². The summed E-state index contributed by atoms with van der Waals surface area (Å²) in [5.41, 5.74) is 0. The van der Waals surface area contributed by atoms with Crippen LogP contribution in [0.2, 0.25) is 0 Å². The van der Waals surface area contributed by atoms with E-state index in [0.29, 0.717) is 19.8 Å². The topological polar surface area (TPSA) is 55.8 Å². The van der Waals surface area contributed by atoms with Crippen LogP contribution in [0.1, 0.15) is 26.7 Å². The molecule has 1 fully saturated rings. The van der Waals surface area contributed by atoms with Crippen LogP contribution in [0.25, 0.3) is 0 Å². The lowest BCUT2D eigenvalue weighted by Gasteiger charge is -2.30. The number of likely N-dealkylation sites (tertiary alicyclic amines) is 1. The van der Waals surface area contributed by atoms with Crippen molar-refractivity contribution in [2.45, 2.75) is 26.7 Å². The number of ether oxygens (including phenoxy) is 2. The highest BCUT2D eigenvalue weighted by Crippen LogP contribution is 2.17. The van der Waals surface area contributed by atoms with Gasteiger partial charge in [-0.2, -0.15) is 0 Å². The van der Waals surface area contributed by atoms with Gasteiger partial charge in [-0.15, -0.1) is 0 Å². The van der Waals surface area contributed by atoms with Crippen molar-refractivity contribution in [3.05, 3.63) is 0 Å². The summed E-state index contributed by atoms with van der Waals surface area (Å²) in [6, 6.07) is 0. The molecular weight excluding hydrogens is 222 g/mol. The standard InChI is InChI=1S/C12H21NO4/c1-3-16-11(14)9-13-7-5-6-10(8-13)12(15)17-4-2/h10H,3-9H2,1-2H3. The maximum Gasteiger partial charge on any atom is 0.320 e. The van der Waals surface area contributed by atoms with E-state index in [0.717, 1.165) is 19.4 Å². The summed E-state index contributed by atoms with van der Waals surface area (Å²) in [4.78, 5) is 24.9. The second kappa shape index (κ2) is 7.27. The molecule has 1 saturated heterocycles. The maximum atomic E-state index is 11.6. The summed E-state index contributed by atoms with van der Waals surface area (Å²) < 4.78 is 9.89. The molecule has 1 unspecified atom stereocenters. The Morgan fingerprint density at radius 1 is 1.24 bits per heavy atom. The fourth-order valence-corrected chi connectivity index (χ4v) is 2.04. The molecular formula is C12H21NO4. The van der Waals surface area contributed by atoms with Crippen LogP contribution < -0.4 is 0 Å². The lowest BCUT2D eigenvalue weighted by atomic mass is 9.98. The zero-order valence-corrected chi connectivity index (χ0v) is 10.6. The number of carbonyl (C=O) groups is 2. The molecule has 0 bridgehead atoms. The van der Waals surface area contributed by atoms with E-state index in [-0.39, 0.29) is 24.4 Å². The summed E-state index contributed by atoms with van der Waals surface area (Å²) in [6.45, 7) is 6.10. The monoisotopic (exact) mass is 243 g/mol. The van der Waals surface area contributed by atoms with Crippen LogP contribution in [0.5, 0.6) is 0 Å². The van der Waals surface area contributed by atoms with Crippen LogP contribution in [0, 0.1) is 5.92 Å². The first-order valence-electron chi connectivity index (χ1n) is 6.22. The minimum absolute atomic E-state index is 0.0990. The molecule has 17 heavy (non-hydrogen) atoms. The van der Waals surface area contributed by atoms with Crippen LogP contribution in [-0.4, -0.2) is 49.7 Å². The molecule has 1 aliphatic heterocycles. The van der Waals surface area contributed by atoms with E-state index >= 15 is 0 Å². The average Bonchev–Trinajstić information content (AvgIpc) is 2.30. The van der Waals surface area contributed by atoms with Crippen molar-refractivity contribution in [1.82, 2.24) is 4.90 Å². The molecule has 1 aliphatic rings. The van der Waals surface area contributed by atoms with Gasteiger partial charge in [0.15, 0.2) is 0 Å². The first-order chi connectivity index (χ1) is 8.17. The molecule has 0 radical (unpaired) electrons. The molecule has 1 heterocycles. The van der Waals surface area contributed by atoms with Crippen molar-refractivity contribution in [3.8, 4) is 0 Å². The van der Waals surface area contributed by atoms with Gasteiger partial charge in [-0.25, -0.2) is 0 Å². The Labute approximate surface area is 102 Å². The van der Waals surface area contributed by atoms with Crippen molar-refractivity contribution in [2.75, 3.05) is 32.8 Å². The quantitative estimate of drug-likeness (QED) is 0.669. The molecule has 0 aromatic carbocycles. The molecule has 0 aliphatic carbocycles. The van der Waals surface area contributed by atoms with E-state index in [1.807, 2.05) is 4.90 Å². The molecule has 5 heteroatoms. The van der Waals surface area contributed by atoms with Crippen molar-refractivity contribution >= 4 is 11.9 Å². The first kappa shape index (κ1) is 14.0. The van der Waals surface area contributed by atoms with Crippen LogP contribution in [0.15, 0.2) is 0 Å². The SMILES string of the molecule is CCOC(=O)CN1CCCC(C(=O)OCC)C1. The number of carbonyl (C=O) groups excluding carboxylic acids is 2. The van der Waals surface area contributed by atoms with Crippen molar-refractivity contribution in [1.29, 1.82) is 0 Å². The predicted molar refractivity (Wildman–Crippen MR) is 62.4 cm³/mol. The van der Waals surface area contributed by atoms with Gasteiger partial charge in [0.1, 0.15) is 0 Å². The molecule has 5 nitrogen and oxygen atoms in total. The molecule has 98 valence electrons. The van der Waals surface area contributed by atoms with E-state index in [1.165, 1.54) is 0 Å². The predicted octanol–water partition coefficient (Wildman–Crippen LogP) is 0.825. The third-order valence-corrected chi connectivity index (χ3v) is 2.78. The second-order valence-electron chi connectivity index (χ2n) is 4.13. The van der Waals surface area contributed by atoms with Gasteiger partial charge in [0.2, 0.25) is 0 Å². The van der Waals surface area contributed by atoms with E-state index in [1.54, 1.807) is 13.8 Å². The third-order valence-electron chi connectivity index (χ3n) is 2.78. The van der Waals surface area contributed by atoms with Gasteiger partial charge in [-0.05, 0) is 33.2 Å². The van der Waals surface area contributed by atoms with Crippen LogP contribution in [-0.2, 0) is 19.1 Å². The van der Waals surface area contributed by atoms with Gasteiger partial charge in [-0.3, -0.25) is 14.5 Å². The van der Waals surface area contributed by atoms with Gasteiger partial charge in [-0.1, -0.05) is 0 Å². The number of rotatable bonds is 5. The number of nitrogens with zero attached hydrogens (tertiary/aromatic N) is 1. The largest absolute Gasteiger partial charge is 0.466 e. The highest BCUT2D eigenvalue weighted by Gasteiger charge is 2.27. The number of hydrogen-bond acceptors (Lipinski definition) is 5. The van der Waals surface area contributed by atoms with Crippen LogP contribution >= 0.6 is 0 Å². The fraction of sp³-hybridized carbons (Fsp3) is 0.833. The number of piperidine rings is 1. The van der Waals surface area contributed by atoms with Gasteiger partial charge in [0.05, 0.1) is 25.7 Å². The minimum atomic E-state index is -0.225. The van der Waals surface area contributed by atoms with Crippen molar-refractivity contribution in [3.63, 3.8) is 0 Å². The van der Waals surface area contributed by atoms with Gasteiger partial charge in [0, 0.05) is 6.54 Å². The lowest BCUT2D eigenvalue weighted by Crippen LogP contribution is -2.42. The average molecular weight is 243 g/mol. The third kappa shape index (κ3) is 4.73. The molecule has 0 spiro atoms. The molecule has 0 amide bonds. The Hall–Kier alpha value is -1.10. The normalized spacial score (nSPS) is 20.9. The molecule has 1 rings (SSSR count).